The minimum Gasteiger partial charge on any atom is -0.394 e. The number of rotatable bonds is 33. The molecule has 0 saturated carbocycles. The molecule has 70 heavy (non-hydrogen) atoms. The van der Waals surface area contributed by atoms with Gasteiger partial charge in [0.05, 0.1) is 118 Å². The highest BCUT2D eigenvalue weighted by Gasteiger charge is 2.52. The smallest absolute Gasteiger partial charge is 0.394 e. The number of hydrogen-bond acceptors (Lipinski definition) is 11. The van der Waals surface area contributed by atoms with Crippen molar-refractivity contribution in [2.45, 2.75) is 46.1 Å². The summed E-state index contributed by atoms with van der Waals surface area (Å²) in [5.41, 5.74) is 6.09. The van der Waals surface area contributed by atoms with Crippen LogP contribution in [0.4, 0.5) is 14.3 Å². The van der Waals surface area contributed by atoms with Crippen molar-refractivity contribution in [2.75, 3.05) is 124 Å². The molecule has 0 spiro atoms. The number of halogens is 2. The van der Waals surface area contributed by atoms with Crippen molar-refractivity contribution in [3.63, 3.8) is 0 Å². The summed E-state index contributed by atoms with van der Waals surface area (Å²) in [6, 6.07) is 17.1. The molecule has 3 aromatic rings. The fourth-order valence-electron chi connectivity index (χ4n) is 8.04. The van der Waals surface area contributed by atoms with Crippen molar-refractivity contribution in [1.29, 1.82) is 0 Å². The lowest BCUT2D eigenvalue weighted by molar-refractivity contribution is -0.362. The Morgan fingerprint density at radius 3 is 1.69 bits per heavy atom. The van der Waals surface area contributed by atoms with Crippen LogP contribution < -0.4 is 15.5 Å². The molecule has 0 radical (unpaired) electrons. The fourth-order valence-corrected chi connectivity index (χ4v) is 8.04. The molecule has 2 N–H and O–H groups in total. The summed E-state index contributed by atoms with van der Waals surface area (Å²) in [6.07, 6.45) is 5.57. The van der Waals surface area contributed by atoms with E-state index in [-0.39, 0.29) is 43.4 Å². The number of aryl methyl sites for hydroxylation is 2. The first-order chi connectivity index (χ1) is 34.1. The number of carbonyl (C=O) groups is 3. The number of allylic oxidation sites excluding steroid dienone is 2. The Hall–Kier alpha value is -5.56. The van der Waals surface area contributed by atoms with Crippen molar-refractivity contribution in [3.05, 3.63) is 106 Å². The molecular formula is C51H66BF2N5O11. The van der Waals surface area contributed by atoms with Crippen LogP contribution in [0.1, 0.15) is 59.3 Å². The summed E-state index contributed by atoms with van der Waals surface area (Å²) < 4.78 is 77.5. The number of para-hydroxylation sites is 1. The third-order valence-electron chi connectivity index (χ3n) is 11.5. The van der Waals surface area contributed by atoms with Gasteiger partial charge in [-0.2, -0.15) is 0 Å². The Morgan fingerprint density at radius 2 is 1.11 bits per heavy atom. The SMILES string of the molecule is Cc1cc(C)n2c1C=C1C=CC(CCC(=O)NCCOCCOCCOCCOCCOCCOCCOCCOCCNC(=O)CCC(=O)N3Cc4ccccc4C#Cc4ccccc43)=[N+]1[B-]2(F)F. The second-order valence-electron chi connectivity index (χ2n) is 16.6. The number of carbonyl (C=O) groups excluding carboxylic acids is 3. The second-order valence-corrected chi connectivity index (χ2v) is 16.6. The van der Waals surface area contributed by atoms with Gasteiger partial charge in [0.15, 0.2) is 5.70 Å². The average molecular weight is 974 g/mol. The third kappa shape index (κ3) is 16.5. The van der Waals surface area contributed by atoms with Crippen molar-refractivity contribution in [3.8, 4) is 11.8 Å². The van der Waals surface area contributed by atoms with Crippen molar-refractivity contribution in [1.82, 2.24) is 15.1 Å². The fraction of sp³-hybridized carbons (Fsp3) is 0.490. The van der Waals surface area contributed by atoms with E-state index in [2.05, 4.69) is 22.5 Å². The molecular weight excluding hydrogens is 907 g/mol. The number of nitrogens with one attached hydrogen (secondary N) is 2. The molecule has 19 heteroatoms. The lowest BCUT2D eigenvalue weighted by Crippen LogP contribution is -2.50. The summed E-state index contributed by atoms with van der Waals surface area (Å²) in [5.74, 6) is 5.82. The molecule has 0 aliphatic carbocycles. The van der Waals surface area contributed by atoms with Gasteiger partial charge in [0.1, 0.15) is 5.71 Å². The van der Waals surface area contributed by atoms with E-state index < -0.39 is 6.97 Å². The maximum Gasteiger partial charge on any atom is 0.737 e. The molecule has 2 aromatic carbocycles. The van der Waals surface area contributed by atoms with Crippen LogP contribution in [0.3, 0.4) is 0 Å². The van der Waals surface area contributed by atoms with Gasteiger partial charge in [-0.3, -0.25) is 14.4 Å². The summed E-state index contributed by atoms with van der Waals surface area (Å²) in [4.78, 5) is 39.9. The van der Waals surface area contributed by atoms with Crippen LogP contribution in [-0.4, -0.2) is 158 Å². The highest BCUT2D eigenvalue weighted by molar-refractivity contribution is 6.58. The maximum atomic E-state index is 15.6. The van der Waals surface area contributed by atoms with E-state index in [9.17, 15) is 14.4 Å². The number of hydrogen-bond donors (Lipinski definition) is 2. The summed E-state index contributed by atoms with van der Waals surface area (Å²) in [5, 5.41) is 5.59. The molecule has 3 aliphatic heterocycles. The number of fused-ring (bicyclic) bond motifs is 4. The van der Waals surface area contributed by atoms with E-state index in [1.807, 2.05) is 55.5 Å². The van der Waals surface area contributed by atoms with Crippen molar-refractivity contribution in [2.24, 2.45) is 0 Å². The van der Waals surface area contributed by atoms with Gasteiger partial charge in [0, 0.05) is 73.8 Å². The van der Waals surface area contributed by atoms with E-state index in [0.29, 0.717) is 148 Å². The van der Waals surface area contributed by atoms with E-state index >= 15 is 8.63 Å². The van der Waals surface area contributed by atoms with Crippen molar-refractivity contribution < 1.29 is 65.4 Å². The molecule has 0 fully saturated rings. The number of aromatic nitrogens is 1. The Bertz CT molecular complexity index is 2360. The van der Waals surface area contributed by atoms with E-state index in [4.69, 9.17) is 37.9 Å². The minimum atomic E-state index is -4.04. The standard InChI is InChI=1S/C51H66BF2N5O11/c1-40-37-41(2)58-48(40)38-46-14-13-45(59(46)52(58,53)54)15-16-49(60)55-19-21-63-23-25-65-27-29-67-31-33-69-35-36-70-34-32-68-30-28-66-26-24-64-22-20-56-50(61)17-18-51(62)57-39-44-9-4-3-7-42(44)11-12-43-8-5-6-10-47(43)57/h3-10,13-14,37-38H,15-36,39H2,1-2H3,(H,55,60)(H,56,61). The summed E-state index contributed by atoms with van der Waals surface area (Å²) in [6.45, 7) is 6.95. The Balaban J connectivity index is 0.640. The molecule has 3 aliphatic rings. The molecule has 0 bridgehead atoms. The zero-order chi connectivity index (χ0) is 49.4. The van der Waals surface area contributed by atoms with Gasteiger partial charge in [0.25, 0.3) is 0 Å². The predicted molar refractivity (Wildman–Crippen MR) is 261 cm³/mol. The van der Waals surface area contributed by atoms with Crippen LogP contribution in [0, 0.1) is 25.7 Å². The van der Waals surface area contributed by atoms with Gasteiger partial charge in [-0.05, 0) is 54.9 Å². The lowest BCUT2D eigenvalue weighted by Gasteiger charge is -2.30. The molecule has 16 nitrogen and oxygen atoms in total. The van der Waals surface area contributed by atoms with Gasteiger partial charge in [-0.25, -0.2) is 0 Å². The maximum absolute atomic E-state index is 15.6. The van der Waals surface area contributed by atoms with Gasteiger partial charge >= 0.3 is 6.97 Å². The highest BCUT2D eigenvalue weighted by Crippen LogP contribution is 2.34. The van der Waals surface area contributed by atoms with Crippen LogP contribution in [0.15, 0.2) is 72.4 Å². The van der Waals surface area contributed by atoms with Gasteiger partial charge in [-0.1, -0.05) is 42.2 Å². The number of nitrogens with zero attached hydrogens (tertiary/aromatic N) is 3. The lowest BCUT2D eigenvalue weighted by atomic mass is 9.90. The number of anilines is 1. The topological polar surface area (TPSA) is 160 Å². The molecule has 0 unspecified atom stereocenters. The third-order valence-corrected chi connectivity index (χ3v) is 11.5. The van der Waals surface area contributed by atoms with Gasteiger partial charge in [0.2, 0.25) is 17.7 Å². The molecule has 0 saturated heterocycles. The van der Waals surface area contributed by atoms with Gasteiger partial charge < -0.3 is 71.0 Å². The zero-order valence-corrected chi connectivity index (χ0v) is 40.4. The Kier molecular flexibility index (Phi) is 22.2. The molecule has 6 rings (SSSR count). The van der Waals surface area contributed by atoms with Crippen LogP contribution in [-0.2, 0) is 58.8 Å². The van der Waals surface area contributed by atoms with Crippen LogP contribution in [0.25, 0.3) is 6.08 Å². The number of ether oxygens (including phenoxy) is 8. The van der Waals surface area contributed by atoms with E-state index in [0.717, 1.165) is 36.9 Å². The van der Waals surface area contributed by atoms with Gasteiger partial charge in [-0.15, -0.1) is 0 Å². The Morgan fingerprint density at radius 1 is 0.629 bits per heavy atom. The minimum absolute atomic E-state index is 0.0739. The number of benzene rings is 2. The molecule has 0 atom stereocenters. The highest BCUT2D eigenvalue weighted by atomic mass is 19.2. The van der Waals surface area contributed by atoms with Crippen LogP contribution in [0.5, 0.6) is 0 Å². The number of amides is 3. The summed E-state index contributed by atoms with van der Waals surface area (Å²) >= 11 is 0. The predicted octanol–water partition coefficient (Wildman–Crippen LogP) is 4.58. The van der Waals surface area contributed by atoms with Crippen molar-refractivity contribution >= 4 is 42.2 Å². The normalized spacial score (nSPS) is 14.2. The van der Waals surface area contributed by atoms with E-state index in [1.54, 1.807) is 36.1 Å². The first kappa shape index (κ1) is 53.8. The molecule has 378 valence electrons. The zero-order valence-electron chi connectivity index (χ0n) is 40.4. The molecule has 1 aromatic heterocycles. The second kappa shape index (κ2) is 28.9. The molecule has 4 heterocycles. The van der Waals surface area contributed by atoms with Crippen LogP contribution >= 0.6 is 0 Å². The molecule has 3 amide bonds. The largest absolute Gasteiger partial charge is 0.737 e. The summed E-state index contributed by atoms with van der Waals surface area (Å²) in [7, 11) is 0. The monoisotopic (exact) mass is 973 g/mol. The Labute approximate surface area is 409 Å². The van der Waals surface area contributed by atoms with Crippen LogP contribution in [0.2, 0.25) is 0 Å². The first-order valence-electron chi connectivity index (χ1n) is 24.0. The first-order valence-corrected chi connectivity index (χ1v) is 24.0. The quantitative estimate of drug-likeness (QED) is 0.0500. The van der Waals surface area contributed by atoms with E-state index in [1.165, 1.54) is 0 Å². The average Bonchev–Trinajstić information content (AvgIpc) is 3.91.